The first-order valence-corrected chi connectivity index (χ1v) is 13.8. The highest BCUT2D eigenvalue weighted by Crippen LogP contribution is 2.36. The number of hydroxylamine groups is 2. The molecule has 0 unspecified atom stereocenters. The van der Waals surface area contributed by atoms with Gasteiger partial charge in [0.25, 0.3) is 0 Å². The number of carbonyl (C=O) groups is 1. The van der Waals surface area contributed by atoms with E-state index < -0.39 is 98.0 Å². The number of rotatable bonds is 11. The van der Waals surface area contributed by atoms with Gasteiger partial charge in [-0.3, -0.25) is 10.0 Å². The van der Waals surface area contributed by atoms with Crippen molar-refractivity contribution in [3.05, 3.63) is 0 Å². The summed E-state index contributed by atoms with van der Waals surface area (Å²) in [6.07, 6.45) is -13.2. The van der Waals surface area contributed by atoms with Gasteiger partial charge >= 0.3 is 0 Å². The summed E-state index contributed by atoms with van der Waals surface area (Å²) in [7, 11) is 0. The van der Waals surface area contributed by atoms with Crippen molar-refractivity contribution in [2.24, 2.45) is 45.3 Å². The Morgan fingerprint density at radius 1 is 0.929 bits per heavy atom. The van der Waals surface area contributed by atoms with Crippen LogP contribution in [-0.2, 0) is 23.7 Å². The van der Waals surface area contributed by atoms with Crippen LogP contribution in [0.5, 0.6) is 0 Å². The molecule has 14 atom stereocenters. The Bertz CT molecular complexity index is 902. The summed E-state index contributed by atoms with van der Waals surface area (Å²) < 4.78 is 23.4. The number of nitrogens with two attached hydrogens (primary N) is 6. The lowest BCUT2D eigenvalue weighted by atomic mass is 9.77. The predicted molar refractivity (Wildman–Crippen MR) is 143 cm³/mol. The number of guanidine groups is 1. The van der Waals surface area contributed by atoms with E-state index in [1.807, 2.05) is 0 Å². The molecule has 42 heavy (non-hydrogen) atoms. The summed E-state index contributed by atoms with van der Waals surface area (Å²) in [4.78, 5) is 16.8. The van der Waals surface area contributed by atoms with Gasteiger partial charge in [0, 0.05) is 32.0 Å². The molecule has 0 aromatic carbocycles. The first kappa shape index (κ1) is 34.7. The number of aliphatic hydroxyl groups is 5. The SMILES string of the molecule is NCCN(O)C(=O)C[C@@H]1C[C@H](N)[C@@H](O[C@H]2O[C@H](CN)[C@@H](O)C[C@H]2N=C(N)N)[C@H](O)[C@H]1O[C@H]1O[C@H](CO)[C@@H](O)[C@H](N)[C@H]1O. The van der Waals surface area contributed by atoms with Crippen LogP contribution in [0.1, 0.15) is 19.3 Å². The maximum absolute atomic E-state index is 12.7. The number of hydrogen-bond donors (Lipinski definition) is 12. The maximum Gasteiger partial charge on any atom is 0.246 e. The average Bonchev–Trinajstić information content (AvgIpc) is 2.93. The van der Waals surface area contributed by atoms with Crippen LogP contribution in [0.2, 0.25) is 0 Å². The molecule has 2 heterocycles. The summed E-state index contributed by atoms with van der Waals surface area (Å²) >= 11 is 0. The molecule has 3 fully saturated rings. The smallest absolute Gasteiger partial charge is 0.246 e. The van der Waals surface area contributed by atoms with Crippen LogP contribution in [0.25, 0.3) is 0 Å². The van der Waals surface area contributed by atoms with E-state index in [4.69, 9.17) is 53.3 Å². The lowest BCUT2D eigenvalue weighted by molar-refractivity contribution is -0.320. The van der Waals surface area contributed by atoms with Crippen molar-refractivity contribution in [3.63, 3.8) is 0 Å². The molecule has 1 aliphatic carbocycles. The van der Waals surface area contributed by atoms with Gasteiger partial charge in [0.05, 0.1) is 37.5 Å². The topological polar surface area (TPSA) is 347 Å². The zero-order valence-electron chi connectivity index (χ0n) is 23.1. The number of ether oxygens (including phenoxy) is 4. The van der Waals surface area contributed by atoms with Crippen LogP contribution in [0, 0.1) is 5.92 Å². The summed E-state index contributed by atoms with van der Waals surface area (Å²) in [5.41, 5.74) is 34.6. The van der Waals surface area contributed by atoms with E-state index in [0.717, 1.165) is 0 Å². The van der Waals surface area contributed by atoms with E-state index in [2.05, 4.69) is 4.99 Å². The van der Waals surface area contributed by atoms with Crippen LogP contribution in [0.4, 0.5) is 0 Å². The standard InChI is InChI=1S/C23H46N8O11/c24-1-2-31(38)14(34)4-8-3-9(26)20(42-21-10(30-23(28)29)5-11(33)12(6-25)39-21)18(37)19(8)41-22-17(36)15(27)16(35)13(7-32)40-22/h8-13,15-22,32-33,35-38H,1-7,24-27H2,(H4,28,29,30)/t8-,9-,10+,11-,12+,13+,15-,16+,17+,18+,19-,20+,21+,22+/m0/s1. The molecular weight excluding hydrogens is 564 g/mol. The van der Waals surface area contributed by atoms with Gasteiger partial charge in [-0.15, -0.1) is 0 Å². The lowest BCUT2D eigenvalue weighted by Crippen LogP contribution is -2.66. The molecule has 244 valence electrons. The minimum Gasteiger partial charge on any atom is -0.394 e. The molecule has 1 amide bonds. The molecule has 19 nitrogen and oxygen atoms in total. The van der Waals surface area contributed by atoms with Crippen molar-refractivity contribution in [2.45, 2.75) is 98.8 Å². The van der Waals surface area contributed by atoms with Crippen LogP contribution < -0.4 is 34.4 Å². The van der Waals surface area contributed by atoms with Gasteiger partial charge in [0.1, 0.15) is 36.6 Å². The van der Waals surface area contributed by atoms with Gasteiger partial charge in [-0.05, 0) is 12.3 Å². The van der Waals surface area contributed by atoms with Gasteiger partial charge < -0.3 is 78.9 Å². The van der Waals surface area contributed by atoms with E-state index in [0.29, 0.717) is 5.06 Å². The Kier molecular flexibility index (Phi) is 12.6. The van der Waals surface area contributed by atoms with Gasteiger partial charge in [0.15, 0.2) is 18.5 Å². The summed E-state index contributed by atoms with van der Waals surface area (Å²) in [5.74, 6) is -1.87. The minimum atomic E-state index is -1.59. The van der Waals surface area contributed by atoms with Crippen LogP contribution in [0.15, 0.2) is 4.99 Å². The van der Waals surface area contributed by atoms with Gasteiger partial charge in [-0.25, -0.2) is 10.1 Å². The highest BCUT2D eigenvalue weighted by Gasteiger charge is 2.51. The highest BCUT2D eigenvalue weighted by atomic mass is 16.7. The largest absolute Gasteiger partial charge is 0.394 e. The molecule has 3 rings (SSSR count). The molecule has 19 heteroatoms. The van der Waals surface area contributed by atoms with Gasteiger partial charge in [0.2, 0.25) is 5.91 Å². The number of nitrogens with zero attached hydrogens (tertiary/aromatic N) is 2. The second kappa shape index (κ2) is 15.3. The quantitative estimate of drug-likeness (QED) is 0.0447. The fourth-order valence-electron chi connectivity index (χ4n) is 5.53. The number of aliphatic hydroxyl groups excluding tert-OH is 5. The molecule has 0 bridgehead atoms. The molecule has 0 radical (unpaired) electrons. The first-order valence-electron chi connectivity index (χ1n) is 13.8. The monoisotopic (exact) mass is 610 g/mol. The van der Waals surface area contributed by atoms with Crippen molar-refractivity contribution in [2.75, 3.05) is 26.2 Å². The molecule has 3 aliphatic rings. The number of amides is 1. The van der Waals surface area contributed by atoms with Crippen molar-refractivity contribution < 1.29 is 54.5 Å². The molecule has 0 aromatic rings. The molecule has 0 spiro atoms. The molecule has 1 saturated carbocycles. The second-order valence-electron chi connectivity index (χ2n) is 10.8. The lowest BCUT2D eigenvalue weighted by Gasteiger charge is -2.48. The number of carbonyl (C=O) groups excluding carboxylic acids is 1. The fourth-order valence-corrected chi connectivity index (χ4v) is 5.53. The first-order chi connectivity index (χ1) is 19.8. The third-order valence-electron chi connectivity index (χ3n) is 7.80. The normalized spacial score (nSPS) is 42.6. The zero-order valence-corrected chi connectivity index (χ0v) is 23.1. The summed E-state index contributed by atoms with van der Waals surface area (Å²) in [5, 5.41) is 62.8. The van der Waals surface area contributed by atoms with E-state index in [-0.39, 0.29) is 44.9 Å². The predicted octanol–water partition coefficient (Wildman–Crippen LogP) is -7.13. The minimum absolute atomic E-state index is 0.00734. The fraction of sp³-hybridized carbons (Fsp3) is 0.913. The Balaban J connectivity index is 1.88. The molecular formula is C23H46N8O11. The highest BCUT2D eigenvalue weighted by molar-refractivity contribution is 5.76. The third-order valence-corrected chi connectivity index (χ3v) is 7.80. The molecule has 0 aromatic heterocycles. The molecule has 2 saturated heterocycles. The van der Waals surface area contributed by atoms with Crippen molar-refractivity contribution in [1.82, 2.24) is 5.06 Å². The Labute approximate surface area is 242 Å². The number of hydrogen-bond acceptors (Lipinski definition) is 16. The van der Waals surface area contributed by atoms with Crippen molar-refractivity contribution >= 4 is 11.9 Å². The van der Waals surface area contributed by atoms with E-state index >= 15 is 0 Å². The van der Waals surface area contributed by atoms with E-state index in [1.165, 1.54) is 0 Å². The Morgan fingerprint density at radius 2 is 1.57 bits per heavy atom. The summed E-state index contributed by atoms with van der Waals surface area (Å²) in [6, 6.07) is -3.08. The second-order valence-corrected chi connectivity index (χ2v) is 10.8. The molecule has 18 N–H and O–H groups in total. The molecule has 2 aliphatic heterocycles. The number of aliphatic imine (C=N–C) groups is 1. The van der Waals surface area contributed by atoms with Crippen molar-refractivity contribution in [3.8, 4) is 0 Å². The third kappa shape index (κ3) is 8.01. The Hall–Kier alpha value is -1.82. The zero-order chi connectivity index (χ0) is 31.3. The van der Waals surface area contributed by atoms with Crippen LogP contribution in [-0.4, -0.2) is 153 Å². The van der Waals surface area contributed by atoms with E-state index in [9.17, 15) is 35.5 Å². The van der Waals surface area contributed by atoms with Crippen LogP contribution in [0.3, 0.4) is 0 Å². The average molecular weight is 611 g/mol. The Morgan fingerprint density at radius 3 is 2.17 bits per heavy atom. The van der Waals surface area contributed by atoms with Crippen molar-refractivity contribution in [1.29, 1.82) is 0 Å². The van der Waals surface area contributed by atoms with Gasteiger partial charge in [-0.1, -0.05) is 0 Å². The van der Waals surface area contributed by atoms with Gasteiger partial charge in [-0.2, -0.15) is 0 Å². The maximum atomic E-state index is 12.7. The van der Waals surface area contributed by atoms with Crippen LogP contribution >= 0.6 is 0 Å². The van der Waals surface area contributed by atoms with E-state index in [1.54, 1.807) is 0 Å². The summed E-state index contributed by atoms with van der Waals surface area (Å²) in [6.45, 7) is -0.857.